The van der Waals surface area contributed by atoms with Gasteiger partial charge in [0.2, 0.25) is 0 Å². The van der Waals surface area contributed by atoms with Crippen LogP contribution in [-0.4, -0.2) is 10.3 Å². The normalized spacial score (nSPS) is 15.5. The summed E-state index contributed by atoms with van der Waals surface area (Å²) in [6.45, 7) is 4.98. The van der Waals surface area contributed by atoms with Crippen LogP contribution in [0, 0.1) is 0 Å². The fraction of sp³-hybridized carbons (Fsp3) is 0.0469. The predicted octanol–water partition coefficient (Wildman–Crippen LogP) is 17.2. The molecule has 2 atom stereocenters. The molecule has 11 aromatic carbocycles. The minimum absolute atomic E-state index is 0.0242. The van der Waals surface area contributed by atoms with Crippen molar-refractivity contribution in [3.63, 3.8) is 0 Å². The molecule has 2 aromatic heterocycles. The minimum Gasteiger partial charge on any atom is -0.455 e. The van der Waals surface area contributed by atoms with Gasteiger partial charge in [0, 0.05) is 45.0 Å². The summed E-state index contributed by atoms with van der Waals surface area (Å²) in [6.07, 6.45) is 0.746. The van der Waals surface area contributed by atoms with E-state index in [1.54, 1.807) is 0 Å². The van der Waals surface area contributed by atoms with Gasteiger partial charge in [-0.1, -0.05) is 189 Å². The smallest absolute Gasteiger partial charge is 0.143 e. The Hall–Kier alpha value is -8.53. The third-order valence-corrected chi connectivity index (χ3v) is 14.5. The van der Waals surface area contributed by atoms with E-state index < -0.39 is 0 Å². The fourth-order valence-corrected chi connectivity index (χ4v) is 11.2. The number of aromatic nitrogens is 1. The maximum atomic E-state index is 7.19. The Bertz CT molecular complexity index is 4210. The summed E-state index contributed by atoms with van der Waals surface area (Å²) in [7, 11) is 0. The highest BCUT2D eigenvalue weighted by atomic mass is 16.3. The largest absolute Gasteiger partial charge is 0.455 e. The molecule has 14 rings (SSSR count). The van der Waals surface area contributed by atoms with Gasteiger partial charge in [-0.05, 0) is 102 Å². The van der Waals surface area contributed by atoms with E-state index in [9.17, 15) is 0 Å². The zero-order valence-electron chi connectivity index (χ0n) is 36.7. The molecule has 3 heteroatoms. The Balaban J connectivity index is 1.06. The number of fused-ring (bicyclic) bond motifs is 12. The molecule has 13 aromatic rings. The molecule has 0 saturated carbocycles. The van der Waals surface area contributed by atoms with Crippen molar-refractivity contribution in [2.45, 2.75) is 18.4 Å². The predicted molar refractivity (Wildman–Crippen MR) is 282 cm³/mol. The van der Waals surface area contributed by atoms with E-state index in [-0.39, 0.29) is 12.0 Å². The topological polar surface area (TPSA) is 30.4 Å². The van der Waals surface area contributed by atoms with E-state index >= 15 is 0 Å². The van der Waals surface area contributed by atoms with Gasteiger partial charge in [-0.2, -0.15) is 0 Å². The van der Waals surface area contributed by atoms with E-state index in [4.69, 9.17) is 16.0 Å². The Kier molecular flexibility index (Phi) is 8.32. The SMILES string of the molecule is C=C1C(c2ccc(-c3ccccc3)cc2)CC(c2ccc3ccccc3c2)=NC1c1cc(-n2c3cc4ccccc4cc3c3ccc4ccccc4c32)c2c(c1)oc1c3ccccc3ccc12. The number of aliphatic imine (C=N–C) groups is 1. The van der Waals surface area contributed by atoms with Gasteiger partial charge in [-0.3, -0.25) is 4.99 Å². The number of rotatable bonds is 5. The van der Waals surface area contributed by atoms with Crippen LogP contribution >= 0.6 is 0 Å². The maximum Gasteiger partial charge on any atom is 0.143 e. The summed E-state index contributed by atoms with van der Waals surface area (Å²) in [4.78, 5) is 5.77. The van der Waals surface area contributed by atoms with Gasteiger partial charge in [0.15, 0.2) is 0 Å². The Morgan fingerprint density at radius 3 is 1.82 bits per heavy atom. The van der Waals surface area contributed by atoms with E-state index in [1.165, 1.54) is 65.3 Å². The first-order valence-electron chi connectivity index (χ1n) is 23.2. The van der Waals surface area contributed by atoms with Crippen LogP contribution < -0.4 is 0 Å². The van der Waals surface area contributed by atoms with Gasteiger partial charge in [0.05, 0.1) is 28.1 Å². The van der Waals surface area contributed by atoms with Crippen molar-refractivity contribution in [1.29, 1.82) is 0 Å². The van der Waals surface area contributed by atoms with Crippen LogP contribution in [0.25, 0.3) is 104 Å². The Morgan fingerprint density at radius 1 is 0.448 bits per heavy atom. The monoisotopic (exact) mass is 854 g/mol. The maximum absolute atomic E-state index is 7.19. The van der Waals surface area contributed by atoms with Crippen molar-refractivity contribution in [1.82, 2.24) is 4.57 Å². The number of hydrogen-bond donors (Lipinski definition) is 0. The molecule has 0 amide bonds. The number of hydrogen-bond acceptors (Lipinski definition) is 2. The average molecular weight is 855 g/mol. The van der Waals surface area contributed by atoms with Crippen molar-refractivity contribution in [2.24, 2.45) is 4.99 Å². The summed E-state index contributed by atoms with van der Waals surface area (Å²) < 4.78 is 9.71. The molecule has 0 fully saturated rings. The molecule has 0 radical (unpaired) electrons. The lowest BCUT2D eigenvalue weighted by Crippen LogP contribution is -2.21. The van der Waals surface area contributed by atoms with Crippen molar-refractivity contribution >= 4 is 92.5 Å². The third-order valence-electron chi connectivity index (χ3n) is 14.5. The summed E-state index contributed by atoms with van der Waals surface area (Å²) in [5.74, 6) is 0.0242. The van der Waals surface area contributed by atoms with E-state index in [0.717, 1.165) is 72.7 Å². The zero-order valence-corrected chi connectivity index (χ0v) is 36.7. The molecule has 0 spiro atoms. The number of benzene rings is 11. The van der Waals surface area contributed by atoms with Gasteiger partial charge in [-0.25, -0.2) is 0 Å². The molecule has 0 aliphatic carbocycles. The highest BCUT2D eigenvalue weighted by Crippen LogP contribution is 2.48. The second-order valence-electron chi connectivity index (χ2n) is 18.3. The summed E-state index contributed by atoms with van der Waals surface area (Å²) in [6, 6.07) is 79.3. The number of furan rings is 1. The first-order valence-corrected chi connectivity index (χ1v) is 23.2. The second-order valence-corrected chi connectivity index (χ2v) is 18.3. The zero-order chi connectivity index (χ0) is 44.2. The molecular weight excluding hydrogens is 813 g/mol. The summed E-state index contributed by atoms with van der Waals surface area (Å²) >= 11 is 0. The van der Waals surface area contributed by atoms with Crippen LogP contribution in [0.4, 0.5) is 0 Å². The first-order chi connectivity index (χ1) is 33.1. The average Bonchev–Trinajstić information content (AvgIpc) is 3.94. The van der Waals surface area contributed by atoms with Crippen LogP contribution in [0.2, 0.25) is 0 Å². The molecule has 1 aliphatic rings. The minimum atomic E-state index is -0.354. The molecule has 0 bridgehead atoms. The van der Waals surface area contributed by atoms with Gasteiger partial charge >= 0.3 is 0 Å². The van der Waals surface area contributed by atoms with Crippen molar-refractivity contribution < 1.29 is 4.42 Å². The summed E-state index contributed by atoms with van der Waals surface area (Å²) in [5, 5.41) is 14.1. The molecule has 0 saturated heterocycles. The molecule has 1 aliphatic heterocycles. The fourth-order valence-electron chi connectivity index (χ4n) is 11.2. The van der Waals surface area contributed by atoms with E-state index in [1.807, 2.05) is 0 Å². The van der Waals surface area contributed by atoms with Gasteiger partial charge < -0.3 is 8.98 Å². The molecule has 2 unspecified atom stereocenters. The van der Waals surface area contributed by atoms with Crippen LogP contribution in [0.3, 0.4) is 0 Å². The van der Waals surface area contributed by atoms with Crippen LogP contribution in [0.5, 0.6) is 0 Å². The lowest BCUT2D eigenvalue weighted by molar-refractivity contribution is 0.663. The van der Waals surface area contributed by atoms with Crippen molar-refractivity contribution in [3.05, 3.63) is 247 Å². The van der Waals surface area contributed by atoms with Crippen molar-refractivity contribution in [2.75, 3.05) is 0 Å². The first kappa shape index (κ1) is 37.8. The van der Waals surface area contributed by atoms with E-state index in [0.29, 0.717) is 0 Å². The quantitative estimate of drug-likeness (QED) is 0.159. The summed E-state index contributed by atoms with van der Waals surface area (Å²) in [5.41, 5.74) is 13.1. The molecule has 0 N–H and O–H groups in total. The lowest BCUT2D eigenvalue weighted by Gasteiger charge is -2.32. The molecule has 314 valence electrons. The second kappa shape index (κ2) is 14.7. The van der Waals surface area contributed by atoms with E-state index in [2.05, 4.69) is 223 Å². The third kappa shape index (κ3) is 5.94. The molecule has 3 nitrogen and oxygen atoms in total. The van der Waals surface area contributed by atoms with Gasteiger partial charge in [-0.15, -0.1) is 0 Å². The Labute approximate surface area is 387 Å². The van der Waals surface area contributed by atoms with Crippen LogP contribution in [0.15, 0.2) is 240 Å². The molecular formula is C64H42N2O. The highest BCUT2D eigenvalue weighted by Gasteiger charge is 2.32. The Morgan fingerprint density at radius 2 is 1.04 bits per heavy atom. The highest BCUT2D eigenvalue weighted by molar-refractivity contribution is 6.23. The molecule has 3 heterocycles. The van der Waals surface area contributed by atoms with Crippen LogP contribution in [-0.2, 0) is 0 Å². The van der Waals surface area contributed by atoms with Gasteiger partial charge in [0.1, 0.15) is 11.2 Å². The standard InChI is InChI=1S/C64H42N2O/c1-39-55(45-26-23-42(24-27-45)40-13-3-2-4-14-40)38-57(49-28-25-41-15-5-6-18-46(41)33-49)65-62(39)50-36-59(61-54-32-30-44-17-10-12-22-52(44)64(54)67-60(61)37-50)66-58-35-48-20-8-7-19-47(48)34-56(58)53-31-29-43-16-9-11-21-51(43)63(53)66/h2-37,55,62H,1,38H2. The van der Waals surface area contributed by atoms with Gasteiger partial charge in [0.25, 0.3) is 0 Å². The van der Waals surface area contributed by atoms with Crippen molar-refractivity contribution in [3.8, 4) is 16.8 Å². The molecule has 67 heavy (non-hydrogen) atoms. The van der Waals surface area contributed by atoms with Crippen LogP contribution in [0.1, 0.15) is 35.1 Å². The number of nitrogens with zero attached hydrogens (tertiary/aromatic N) is 2. The lowest BCUT2D eigenvalue weighted by atomic mass is 9.78.